The molecule has 0 bridgehead atoms. The van der Waals surface area contributed by atoms with E-state index in [1.165, 1.54) is 5.69 Å². The molecule has 1 aromatic rings. The molecule has 4 heteroatoms. The first-order valence-electron chi connectivity index (χ1n) is 5.07. The van der Waals surface area contributed by atoms with Crippen molar-refractivity contribution >= 4 is 23.2 Å². The molecule has 0 saturated heterocycles. The molecule has 1 fully saturated rings. The Hall–Kier alpha value is -0.210. The summed E-state index contributed by atoms with van der Waals surface area (Å²) < 4.78 is 1.99. The van der Waals surface area contributed by atoms with Crippen molar-refractivity contribution in [1.29, 1.82) is 0 Å². The Bertz CT molecular complexity index is 322. The van der Waals surface area contributed by atoms with Gasteiger partial charge in [-0.25, -0.2) is 0 Å². The fourth-order valence-electron chi connectivity index (χ4n) is 2.20. The normalized spacial score (nSPS) is 27.1. The molecule has 2 atom stereocenters. The van der Waals surface area contributed by atoms with Crippen LogP contribution in [0.3, 0.4) is 0 Å². The maximum Gasteiger partial charge on any atom is 0.0820 e. The molecule has 0 amide bonds. The number of aryl methyl sites for hydroxylation is 1. The van der Waals surface area contributed by atoms with E-state index in [4.69, 9.17) is 23.2 Å². The van der Waals surface area contributed by atoms with Gasteiger partial charge in [-0.2, -0.15) is 5.10 Å². The van der Waals surface area contributed by atoms with Gasteiger partial charge in [-0.3, -0.25) is 4.68 Å². The molecule has 1 heterocycles. The minimum Gasteiger partial charge on any atom is -0.268 e. The van der Waals surface area contributed by atoms with Gasteiger partial charge in [-0.1, -0.05) is 11.6 Å². The summed E-state index contributed by atoms with van der Waals surface area (Å²) in [6, 6.07) is 0. The van der Waals surface area contributed by atoms with Crippen LogP contribution in [-0.4, -0.2) is 15.2 Å². The highest BCUT2D eigenvalue weighted by Gasteiger charge is 2.28. The molecule has 0 aromatic carbocycles. The van der Waals surface area contributed by atoms with Gasteiger partial charge < -0.3 is 0 Å². The summed E-state index contributed by atoms with van der Waals surface area (Å²) in [5.41, 5.74) is 1.18. The van der Waals surface area contributed by atoms with Crippen LogP contribution in [-0.2, 0) is 6.54 Å². The molecule has 2 rings (SSSR count). The van der Waals surface area contributed by atoms with E-state index in [0.717, 1.165) is 30.8 Å². The van der Waals surface area contributed by atoms with E-state index in [-0.39, 0.29) is 0 Å². The minimum atomic E-state index is 0.316. The highest BCUT2D eigenvalue weighted by molar-refractivity contribution is 6.31. The lowest BCUT2D eigenvalue weighted by Gasteiger charge is -2.12. The van der Waals surface area contributed by atoms with E-state index < -0.39 is 0 Å². The van der Waals surface area contributed by atoms with Crippen molar-refractivity contribution in [1.82, 2.24) is 9.78 Å². The van der Waals surface area contributed by atoms with Crippen molar-refractivity contribution in [2.75, 3.05) is 0 Å². The molecule has 0 aliphatic heterocycles. The third-order valence-corrected chi connectivity index (χ3v) is 3.58. The predicted molar refractivity (Wildman–Crippen MR) is 59.1 cm³/mol. The first-order chi connectivity index (χ1) is 6.72. The zero-order valence-electron chi connectivity index (χ0n) is 8.21. The number of rotatable bonds is 2. The Labute approximate surface area is 94.2 Å². The molecule has 2 unspecified atom stereocenters. The van der Waals surface area contributed by atoms with Crippen LogP contribution in [0.2, 0.25) is 5.02 Å². The fourth-order valence-corrected chi connectivity index (χ4v) is 2.84. The van der Waals surface area contributed by atoms with Crippen LogP contribution in [0, 0.1) is 0 Å². The molecule has 1 aliphatic carbocycles. The first-order valence-corrected chi connectivity index (χ1v) is 5.89. The summed E-state index contributed by atoms with van der Waals surface area (Å²) in [4.78, 5) is 0. The van der Waals surface area contributed by atoms with Crippen molar-refractivity contribution in [3.05, 3.63) is 16.9 Å². The second-order valence-electron chi connectivity index (χ2n) is 3.80. The first kappa shape index (κ1) is 10.3. The quantitative estimate of drug-likeness (QED) is 0.715. The van der Waals surface area contributed by atoms with Crippen molar-refractivity contribution in [2.45, 2.75) is 44.0 Å². The third-order valence-electron chi connectivity index (χ3n) is 2.89. The molecule has 14 heavy (non-hydrogen) atoms. The number of hydrogen-bond acceptors (Lipinski definition) is 1. The molecular weight excluding hydrogens is 219 g/mol. The third kappa shape index (κ3) is 1.78. The average Bonchev–Trinajstić information content (AvgIpc) is 2.71. The standard InChI is InChI=1S/C10H14Cl2N2/c1-2-14-10(9(12)6-13-14)7-3-4-8(11)5-7/h6-8H,2-5H2,1H3. The Kier molecular flexibility index (Phi) is 3.03. The second kappa shape index (κ2) is 4.11. The van der Waals surface area contributed by atoms with Crippen LogP contribution < -0.4 is 0 Å². The summed E-state index contributed by atoms with van der Waals surface area (Å²) in [5, 5.41) is 5.36. The number of aromatic nitrogens is 2. The number of hydrogen-bond donors (Lipinski definition) is 0. The van der Waals surface area contributed by atoms with Gasteiger partial charge in [0.15, 0.2) is 0 Å². The molecular formula is C10H14Cl2N2. The average molecular weight is 233 g/mol. The van der Waals surface area contributed by atoms with Gasteiger partial charge in [0.05, 0.1) is 16.9 Å². The monoisotopic (exact) mass is 232 g/mol. The lowest BCUT2D eigenvalue weighted by Crippen LogP contribution is -2.06. The van der Waals surface area contributed by atoms with Gasteiger partial charge in [-0.05, 0) is 26.2 Å². The zero-order chi connectivity index (χ0) is 10.1. The van der Waals surface area contributed by atoms with E-state index in [1.807, 2.05) is 4.68 Å². The van der Waals surface area contributed by atoms with Crippen LogP contribution in [0.4, 0.5) is 0 Å². The highest BCUT2D eigenvalue weighted by atomic mass is 35.5. The van der Waals surface area contributed by atoms with E-state index in [0.29, 0.717) is 11.3 Å². The van der Waals surface area contributed by atoms with E-state index in [2.05, 4.69) is 12.0 Å². The summed E-state index contributed by atoms with van der Waals surface area (Å²) >= 11 is 12.2. The van der Waals surface area contributed by atoms with Crippen molar-refractivity contribution < 1.29 is 0 Å². The van der Waals surface area contributed by atoms with Crippen molar-refractivity contribution in [3.63, 3.8) is 0 Å². The summed E-state index contributed by atoms with van der Waals surface area (Å²) in [6.45, 7) is 2.96. The Morgan fingerprint density at radius 1 is 1.57 bits per heavy atom. The Morgan fingerprint density at radius 3 is 2.93 bits per heavy atom. The van der Waals surface area contributed by atoms with Gasteiger partial charge in [-0.15, -0.1) is 11.6 Å². The predicted octanol–water partition coefficient (Wildman–Crippen LogP) is 3.43. The summed E-state index contributed by atoms with van der Waals surface area (Å²) in [6.07, 6.45) is 5.01. The molecule has 1 aromatic heterocycles. The zero-order valence-corrected chi connectivity index (χ0v) is 9.72. The van der Waals surface area contributed by atoms with Crippen LogP contribution in [0.25, 0.3) is 0 Å². The topological polar surface area (TPSA) is 17.8 Å². The number of halogens is 2. The van der Waals surface area contributed by atoms with Crippen LogP contribution in [0.5, 0.6) is 0 Å². The SMILES string of the molecule is CCn1ncc(Cl)c1C1CCC(Cl)C1. The largest absolute Gasteiger partial charge is 0.268 e. The van der Waals surface area contributed by atoms with Gasteiger partial charge in [0, 0.05) is 17.8 Å². The Balaban J connectivity index is 2.26. The van der Waals surface area contributed by atoms with E-state index in [1.54, 1.807) is 6.20 Å². The smallest absolute Gasteiger partial charge is 0.0820 e. The van der Waals surface area contributed by atoms with E-state index in [9.17, 15) is 0 Å². The highest BCUT2D eigenvalue weighted by Crippen LogP contribution is 2.39. The molecule has 0 N–H and O–H groups in total. The van der Waals surface area contributed by atoms with Gasteiger partial charge in [0.25, 0.3) is 0 Å². The van der Waals surface area contributed by atoms with E-state index >= 15 is 0 Å². The summed E-state index contributed by atoms with van der Waals surface area (Å²) in [5.74, 6) is 0.507. The van der Waals surface area contributed by atoms with Gasteiger partial charge >= 0.3 is 0 Å². The molecule has 0 radical (unpaired) electrons. The lowest BCUT2D eigenvalue weighted by molar-refractivity contribution is 0.569. The maximum atomic E-state index is 6.13. The molecule has 1 saturated carbocycles. The van der Waals surface area contributed by atoms with Crippen LogP contribution in [0.1, 0.15) is 37.8 Å². The maximum absolute atomic E-state index is 6.13. The van der Waals surface area contributed by atoms with Gasteiger partial charge in [0.1, 0.15) is 0 Å². The van der Waals surface area contributed by atoms with Gasteiger partial charge in [0.2, 0.25) is 0 Å². The Morgan fingerprint density at radius 2 is 2.36 bits per heavy atom. The van der Waals surface area contributed by atoms with Crippen molar-refractivity contribution in [2.24, 2.45) is 0 Å². The fraction of sp³-hybridized carbons (Fsp3) is 0.700. The lowest BCUT2D eigenvalue weighted by atomic mass is 10.0. The molecule has 78 valence electrons. The van der Waals surface area contributed by atoms with Crippen LogP contribution in [0.15, 0.2) is 6.20 Å². The minimum absolute atomic E-state index is 0.316. The molecule has 2 nitrogen and oxygen atoms in total. The van der Waals surface area contributed by atoms with Crippen molar-refractivity contribution in [3.8, 4) is 0 Å². The second-order valence-corrected chi connectivity index (χ2v) is 4.83. The number of nitrogens with zero attached hydrogens (tertiary/aromatic N) is 2. The molecule has 1 aliphatic rings. The number of alkyl halides is 1. The van der Waals surface area contributed by atoms with Crippen LogP contribution >= 0.6 is 23.2 Å². The summed E-state index contributed by atoms with van der Waals surface area (Å²) in [7, 11) is 0. The molecule has 0 spiro atoms.